The first-order valence-corrected chi connectivity index (χ1v) is 8.01. The molecule has 2 rings (SSSR count). The van der Waals surface area contributed by atoms with E-state index in [1.54, 1.807) is 18.5 Å². The fourth-order valence-corrected chi connectivity index (χ4v) is 2.13. The van der Waals surface area contributed by atoms with Gasteiger partial charge in [0.15, 0.2) is 0 Å². The van der Waals surface area contributed by atoms with Gasteiger partial charge in [-0.2, -0.15) is 0 Å². The van der Waals surface area contributed by atoms with E-state index < -0.39 is 5.97 Å². The van der Waals surface area contributed by atoms with Crippen LogP contribution < -0.4 is 4.74 Å². The van der Waals surface area contributed by atoms with E-state index in [2.05, 4.69) is 16.9 Å². The number of rotatable bonds is 8. The molecule has 2 aromatic rings. The van der Waals surface area contributed by atoms with Gasteiger partial charge in [0.25, 0.3) is 0 Å². The van der Waals surface area contributed by atoms with E-state index in [0.717, 1.165) is 24.0 Å². The molecule has 0 spiro atoms. The number of hydrogen-bond acceptors (Lipinski definition) is 4. The molecule has 0 aliphatic rings. The first-order valence-electron chi connectivity index (χ1n) is 8.01. The largest absolute Gasteiger partial charge is 0.388 e. The third kappa shape index (κ3) is 6.43. The topological polar surface area (TPSA) is 52.1 Å². The van der Waals surface area contributed by atoms with Crippen molar-refractivity contribution in [2.45, 2.75) is 39.0 Å². The highest BCUT2D eigenvalue weighted by molar-refractivity contribution is 5.83. The highest BCUT2D eigenvalue weighted by Crippen LogP contribution is 2.08. The van der Waals surface area contributed by atoms with Gasteiger partial charge in [0, 0.05) is 18.5 Å². The minimum absolute atomic E-state index is 0.0959. The summed E-state index contributed by atoms with van der Waals surface area (Å²) in [5, 5.41) is 0. The average Bonchev–Trinajstić information content (AvgIpc) is 2.58. The molecule has 0 aliphatic heterocycles. The van der Waals surface area contributed by atoms with Gasteiger partial charge < -0.3 is 4.74 Å². The second-order valence-electron chi connectivity index (χ2n) is 5.34. The van der Waals surface area contributed by atoms with E-state index in [1.807, 2.05) is 30.3 Å². The molecular formula is C19H22N2O2. The van der Waals surface area contributed by atoms with E-state index >= 15 is 0 Å². The van der Waals surface area contributed by atoms with Crippen molar-refractivity contribution in [3.8, 4) is 6.01 Å². The fourth-order valence-electron chi connectivity index (χ4n) is 2.13. The van der Waals surface area contributed by atoms with Crippen molar-refractivity contribution < 1.29 is 9.53 Å². The number of carbonyl (C=O) groups excluding carboxylic acids is 1. The number of hydrogen-bond donors (Lipinski definition) is 0. The SMILES string of the molecule is CCCCCc1cnc(OC(=O)C=CCc2ccccc2)nc1. The van der Waals surface area contributed by atoms with Gasteiger partial charge in [0.1, 0.15) is 0 Å². The van der Waals surface area contributed by atoms with Gasteiger partial charge in [-0.15, -0.1) is 0 Å². The normalized spacial score (nSPS) is 10.8. The first-order chi connectivity index (χ1) is 11.3. The van der Waals surface area contributed by atoms with Crippen molar-refractivity contribution in [2.24, 2.45) is 0 Å². The summed E-state index contributed by atoms with van der Waals surface area (Å²) < 4.78 is 5.08. The zero-order chi connectivity index (χ0) is 16.3. The molecule has 1 heterocycles. The molecule has 0 fully saturated rings. The Bertz CT molecular complexity index is 622. The molecule has 120 valence electrons. The van der Waals surface area contributed by atoms with Crippen molar-refractivity contribution in [1.82, 2.24) is 9.97 Å². The maximum absolute atomic E-state index is 11.7. The minimum atomic E-state index is -0.459. The third-order valence-electron chi connectivity index (χ3n) is 3.39. The molecule has 0 saturated heterocycles. The van der Waals surface area contributed by atoms with Crippen LogP contribution in [-0.2, 0) is 17.6 Å². The van der Waals surface area contributed by atoms with Crippen molar-refractivity contribution in [1.29, 1.82) is 0 Å². The van der Waals surface area contributed by atoms with E-state index in [9.17, 15) is 4.79 Å². The van der Waals surface area contributed by atoms with Crippen LogP contribution in [0.25, 0.3) is 0 Å². The molecular weight excluding hydrogens is 288 g/mol. The Morgan fingerprint density at radius 1 is 1.09 bits per heavy atom. The Kier molecular flexibility index (Phi) is 6.98. The molecule has 1 aromatic heterocycles. The maximum atomic E-state index is 11.7. The second-order valence-corrected chi connectivity index (χ2v) is 5.34. The van der Waals surface area contributed by atoms with Crippen LogP contribution in [0.3, 0.4) is 0 Å². The Balaban J connectivity index is 1.78. The van der Waals surface area contributed by atoms with E-state index in [4.69, 9.17) is 4.74 Å². The van der Waals surface area contributed by atoms with Gasteiger partial charge in [-0.25, -0.2) is 14.8 Å². The predicted molar refractivity (Wildman–Crippen MR) is 90.2 cm³/mol. The van der Waals surface area contributed by atoms with Crippen LogP contribution in [0.4, 0.5) is 0 Å². The monoisotopic (exact) mass is 310 g/mol. The lowest BCUT2D eigenvalue weighted by atomic mass is 10.1. The number of benzene rings is 1. The molecule has 0 bridgehead atoms. The molecule has 0 amide bonds. The molecule has 0 radical (unpaired) electrons. The first kappa shape index (κ1) is 16.9. The number of nitrogens with zero attached hydrogens (tertiary/aromatic N) is 2. The van der Waals surface area contributed by atoms with Gasteiger partial charge in [-0.05, 0) is 30.4 Å². The maximum Gasteiger partial charge on any atom is 0.338 e. The average molecular weight is 310 g/mol. The Morgan fingerprint density at radius 3 is 2.52 bits per heavy atom. The second kappa shape index (κ2) is 9.51. The molecule has 23 heavy (non-hydrogen) atoms. The fraction of sp³-hybridized carbons (Fsp3) is 0.316. The summed E-state index contributed by atoms with van der Waals surface area (Å²) in [4.78, 5) is 19.9. The lowest BCUT2D eigenvalue weighted by Gasteiger charge is -2.02. The summed E-state index contributed by atoms with van der Waals surface area (Å²) in [6.07, 6.45) is 11.8. The summed E-state index contributed by atoms with van der Waals surface area (Å²) in [5.41, 5.74) is 2.21. The Hall–Kier alpha value is -2.49. The van der Waals surface area contributed by atoms with Gasteiger partial charge in [0.05, 0.1) is 0 Å². The van der Waals surface area contributed by atoms with E-state index in [1.165, 1.54) is 18.9 Å². The summed E-state index contributed by atoms with van der Waals surface area (Å²) in [6, 6.07) is 10.0. The standard InChI is InChI=1S/C19H22N2O2/c1-2-3-5-11-17-14-20-19(21-15-17)23-18(22)13-8-12-16-9-6-4-7-10-16/h4,6-10,13-15H,2-3,5,11-12H2,1H3. The van der Waals surface area contributed by atoms with Crippen molar-refractivity contribution in [3.05, 3.63) is 66.0 Å². The molecule has 4 nitrogen and oxygen atoms in total. The van der Waals surface area contributed by atoms with Gasteiger partial charge in [-0.3, -0.25) is 0 Å². The smallest absolute Gasteiger partial charge is 0.338 e. The molecule has 0 unspecified atom stereocenters. The van der Waals surface area contributed by atoms with Gasteiger partial charge in [0.2, 0.25) is 0 Å². The van der Waals surface area contributed by atoms with Crippen LogP contribution in [0, 0.1) is 0 Å². The van der Waals surface area contributed by atoms with Crippen molar-refractivity contribution >= 4 is 5.97 Å². The number of allylic oxidation sites excluding steroid dienone is 1. The number of esters is 1. The van der Waals surface area contributed by atoms with Crippen LogP contribution in [0.1, 0.15) is 37.3 Å². The summed E-state index contributed by atoms with van der Waals surface area (Å²) in [7, 11) is 0. The number of aromatic nitrogens is 2. The Morgan fingerprint density at radius 2 is 1.83 bits per heavy atom. The molecule has 0 N–H and O–H groups in total. The highest BCUT2D eigenvalue weighted by atomic mass is 16.5. The van der Waals surface area contributed by atoms with Gasteiger partial charge >= 0.3 is 12.0 Å². The molecule has 0 atom stereocenters. The minimum Gasteiger partial charge on any atom is -0.388 e. The van der Waals surface area contributed by atoms with Crippen LogP contribution in [0.2, 0.25) is 0 Å². The zero-order valence-electron chi connectivity index (χ0n) is 13.4. The number of carbonyl (C=O) groups is 1. The van der Waals surface area contributed by atoms with Crippen molar-refractivity contribution in [2.75, 3.05) is 0 Å². The zero-order valence-corrected chi connectivity index (χ0v) is 13.4. The molecule has 1 aromatic carbocycles. The predicted octanol–water partition coefficient (Wildman–Crippen LogP) is 3.91. The van der Waals surface area contributed by atoms with Crippen LogP contribution >= 0.6 is 0 Å². The Labute approximate surface area is 137 Å². The molecule has 0 saturated carbocycles. The quantitative estimate of drug-likeness (QED) is 0.421. The lowest BCUT2D eigenvalue weighted by molar-refractivity contribution is -0.129. The highest BCUT2D eigenvalue weighted by Gasteiger charge is 2.03. The van der Waals surface area contributed by atoms with Crippen molar-refractivity contribution in [3.63, 3.8) is 0 Å². The summed E-state index contributed by atoms with van der Waals surface area (Å²) in [6.45, 7) is 2.17. The van der Waals surface area contributed by atoms with Crippen LogP contribution in [-0.4, -0.2) is 15.9 Å². The number of unbranched alkanes of at least 4 members (excludes halogenated alkanes) is 2. The van der Waals surface area contributed by atoms with Crippen LogP contribution in [0.5, 0.6) is 6.01 Å². The lowest BCUT2D eigenvalue weighted by Crippen LogP contribution is -2.07. The molecule has 0 aliphatic carbocycles. The van der Waals surface area contributed by atoms with E-state index in [0.29, 0.717) is 6.42 Å². The summed E-state index contributed by atoms with van der Waals surface area (Å²) >= 11 is 0. The van der Waals surface area contributed by atoms with Crippen LogP contribution in [0.15, 0.2) is 54.9 Å². The number of ether oxygens (including phenoxy) is 1. The van der Waals surface area contributed by atoms with E-state index in [-0.39, 0.29) is 6.01 Å². The third-order valence-corrected chi connectivity index (χ3v) is 3.39. The molecule has 4 heteroatoms. The number of aryl methyl sites for hydroxylation is 1. The van der Waals surface area contributed by atoms with Gasteiger partial charge in [-0.1, -0.05) is 56.2 Å². The summed E-state index contributed by atoms with van der Waals surface area (Å²) in [5.74, 6) is -0.459.